The molecular formula is C16H23ClFN3. The van der Waals surface area contributed by atoms with Crippen molar-refractivity contribution in [3.8, 4) is 0 Å². The van der Waals surface area contributed by atoms with Gasteiger partial charge in [0, 0.05) is 24.4 Å². The topological polar surface area (TPSA) is 21.1 Å². The van der Waals surface area contributed by atoms with Gasteiger partial charge in [0.2, 0.25) is 0 Å². The van der Waals surface area contributed by atoms with Crippen molar-refractivity contribution >= 4 is 22.6 Å². The lowest BCUT2D eigenvalue weighted by molar-refractivity contribution is 0.357. The van der Waals surface area contributed by atoms with E-state index in [-0.39, 0.29) is 5.82 Å². The van der Waals surface area contributed by atoms with Gasteiger partial charge in [-0.3, -0.25) is 0 Å². The Morgan fingerprint density at radius 3 is 2.71 bits per heavy atom. The van der Waals surface area contributed by atoms with Crippen LogP contribution in [-0.4, -0.2) is 41.0 Å². The van der Waals surface area contributed by atoms with E-state index in [2.05, 4.69) is 35.5 Å². The van der Waals surface area contributed by atoms with Crippen LogP contribution in [0.2, 0.25) is 0 Å². The molecular weight excluding hydrogens is 289 g/mol. The maximum atomic E-state index is 13.7. The number of fused-ring (bicyclic) bond motifs is 1. The van der Waals surface area contributed by atoms with Crippen LogP contribution in [-0.2, 0) is 6.42 Å². The first-order valence-electron chi connectivity index (χ1n) is 7.31. The largest absolute Gasteiger partial charge is 0.325 e. The van der Waals surface area contributed by atoms with E-state index in [0.29, 0.717) is 23.9 Å². The summed E-state index contributed by atoms with van der Waals surface area (Å²) in [5.41, 5.74) is 2.37. The van der Waals surface area contributed by atoms with Gasteiger partial charge in [-0.2, -0.15) is 0 Å². The number of hydrogen-bond acceptors (Lipinski definition) is 2. The molecule has 21 heavy (non-hydrogen) atoms. The zero-order valence-electron chi connectivity index (χ0n) is 13.2. The summed E-state index contributed by atoms with van der Waals surface area (Å²) in [7, 11) is 4.13. The average Bonchev–Trinajstić information content (AvgIpc) is 2.74. The number of imidazole rings is 1. The van der Waals surface area contributed by atoms with Crippen LogP contribution in [0.3, 0.4) is 0 Å². The van der Waals surface area contributed by atoms with E-state index in [1.807, 2.05) is 6.07 Å². The monoisotopic (exact) mass is 311 g/mol. The van der Waals surface area contributed by atoms with Crippen molar-refractivity contribution in [3.63, 3.8) is 0 Å². The molecule has 0 bridgehead atoms. The van der Waals surface area contributed by atoms with E-state index in [4.69, 9.17) is 11.6 Å². The average molecular weight is 312 g/mol. The molecule has 0 amide bonds. The number of halogens is 2. The quantitative estimate of drug-likeness (QED) is 0.757. The molecule has 0 saturated carbocycles. The highest BCUT2D eigenvalue weighted by atomic mass is 35.5. The van der Waals surface area contributed by atoms with Crippen LogP contribution in [0.4, 0.5) is 4.39 Å². The van der Waals surface area contributed by atoms with E-state index in [9.17, 15) is 4.39 Å². The minimum Gasteiger partial charge on any atom is -0.325 e. The normalized spacial score (nSPS) is 13.3. The minimum absolute atomic E-state index is 0.203. The van der Waals surface area contributed by atoms with Crippen LogP contribution in [0.1, 0.15) is 30.8 Å². The van der Waals surface area contributed by atoms with Crippen molar-refractivity contribution in [1.82, 2.24) is 14.5 Å². The molecule has 0 N–H and O–H groups in total. The molecule has 0 fully saturated rings. The fraction of sp³-hybridized carbons (Fsp3) is 0.562. The smallest absolute Gasteiger partial charge is 0.128 e. The molecule has 2 aromatic rings. The Bertz CT molecular complexity index is 621. The second-order valence-corrected chi connectivity index (χ2v) is 6.25. The highest BCUT2D eigenvalue weighted by molar-refractivity contribution is 6.17. The lowest BCUT2D eigenvalue weighted by Crippen LogP contribution is -2.18. The number of aromatic nitrogens is 2. The molecule has 5 heteroatoms. The zero-order valence-corrected chi connectivity index (χ0v) is 13.9. The van der Waals surface area contributed by atoms with E-state index in [0.717, 1.165) is 29.8 Å². The predicted octanol–water partition coefficient (Wildman–Crippen LogP) is 3.78. The van der Waals surface area contributed by atoms with Crippen molar-refractivity contribution < 1.29 is 4.39 Å². The Hall–Kier alpha value is -1.13. The van der Waals surface area contributed by atoms with Crippen LogP contribution in [0, 0.1) is 12.7 Å². The summed E-state index contributed by atoms with van der Waals surface area (Å²) in [6.07, 6.45) is 1.72. The molecule has 1 aromatic carbocycles. The molecule has 2 rings (SSSR count). The first-order valence-corrected chi connectivity index (χ1v) is 7.85. The van der Waals surface area contributed by atoms with Crippen molar-refractivity contribution in [2.75, 3.05) is 26.5 Å². The van der Waals surface area contributed by atoms with Crippen LogP contribution < -0.4 is 0 Å². The van der Waals surface area contributed by atoms with E-state index < -0.39 is 0 Å². The maximum absolute atomic E-state index is 13.7. The van der Waals surface area contributed by atoms with E-state index in [1.54, 1.807) is 6.92 Å². The second-order valence-electron chi connectivity index (χ2n) is 5.87. The Labute approximate surface area is 130 Å². The summed E-state index contributed by atoms with van der Waals surface area (Å²) >= 11 is 5.89. The van der Waals surface area contributed by atoms with Gasteiger partial charge >= 0.3 is 0 Å². The van der Waals surface area contributed by atoms with Crippen LogP contribution in [0.15, 0.2) is 12.1 Å². The molecule has 0 aliphatic heterocycles. The van der Waals surface area contributed by atoms with E-state index >= 15 is 0 Å². The summed E-state index contributed by atoms with van der Waals surface area (Å²) in [5.74, 6) is 1.26. The second kappa shape index (κ2) is 6.75. The first kappa shape index (κ1) is 16.2. The van der Waals surface area contributed by atoms with Crippen LogP contribution in [0.25, 0.3) is 11.0 Å². The molecule has 1 aromatic heterocycles. The summed E-state index contributed by atoms with van der Waals surface area (Å²) in [4.78, 5) is 6.75. The van der Waals surface area contributed by atoms with Gasteiger partial charge in [0.25, 0.3) is 0 Å². The molecule has 0 aliphatic carbocycles. The lowest BCUT2D eigenvalue weighted by Gasteiger charge is -2.20. The summed E-state index contributed by atoms with van der Waals surface area (Å²) in [5, 5.41) is 0. The Kier molecular flexibility index (Phi) is 5.22. The maximum Gasteiger partial charge on any atom is 0.128 e. The van der Waals surface area contributed by atoms with E-state index in [1.165, 1.54) is 6.07 Å². The highest BCUT2D eigenvalue weighted by Crippen LogP contribution is 2.26. The van der Waals surface area contributed by atoms with Gasteiger partial charge in [-0.25, -0.2) is 9.37 Å². The van der Waals surface area contributed by atoms with Crippen molar-refractivity contribution in [2.24, 2.45) is 0 Å². The molecule has 1 atom stereocenters. The zero-order chi connectivity index (χ0) is 15.6. The summed E-state index contributed by atoms with van der Waals surface area (Å²) in [6.45, 7) is 4.97. The number of benzene rings is 1. The Morgan fingerprint density at radius 2 is 2.10 bits per heavy atom. The fourth-order valence-corrected chi connectivity index (χ4v) is 2.77. The standard InChI is InChI=1S/C16H23ClFN3/c1-11-9-15-14(10-13(11)18)19-16(5-7-17)21(15)12(2)6-8-20(3)4/h9-10,12H,5-8H2,1-4H3. The molecule has 0 aliphatic rings. The predicted molar refractivity (Wildman–Crippen MR) is 86.7 cm³/mol. The highest BCUT2D eigenvalue weighted by Gasteiger charge is 2.17. The molecule has 0 saturated heterocycles. The van der Waals surface area contributed by atoms with Gasteiger partial charge in [-0.15, -0.1) is 11.6 Å². The summed E-state index contributed by atoms with van der Waals surface area (Å²) < 4.78 is 16.0. The van der Waals surface area contributed by atoms with Crippen LogP contribution >= 0.6 is 11.6 Å². The third-order valence-corrected chi connectivity index (χ3v) is 3.98. The van der Waals surface area contributed by atoms with Crippen molar-refractivity contribution in [1.29, 1.82) is 0 Å². The molecule has 0 radical (unpaired) electrons. The minimum atomic E-state index is -0.203. The van der Waals surface area contributed by atoms with Gasteiger partial charge in [-0.1, -0.05) is 0 Å². The molecule has 0 spiro atoms. The molecule has 3 nitrogen and oxygen atoms in total. The third kappa shape index (κ3) is 3.55. The number of aryl methyl sites for hydroxylation is 2. The van der Waals surface area contributed by atoms with Crippen molar-refractivity contribution in [2.45, 2.75) is 32.7 Å². The van der Waals surface area contributed by atoms with Gasteiger partial charge < -0.3 is 9.47 Å². The SMILES string of the molecule is Cc1cc2c(cc1F)nc(CCCl)n2C(C)CCN(C)C. The van der Waals surface area contributed by atoms with Gasteiger partial charge in [0.1, 0.15) is 11.6 Å². The Balaban J connectivity index is 2.47. The fourth-order valence-electron chi connectivity index (χ4n) is 2.60. The molecule has 1 heterocycles. The van der Waals surface area contributed by atoms with Crippen molar-refractivity contribution in [3.05, 3.63) is 29.3 Å². The molecule has 1 unspecified atom stereocenters. The molecule has 116 valence electrons. The number of hydrogen-bond donors (Lipinski definition) is 0. The number of nitrogens with zero attached hydrogens (tertiary/aromatic N) is 3. The Morgan fingerprint density at radius 1 is 1.38 bits per heavy atom. The lowest BCUT2D eigenvalue weighted by atomic mass is 10.1. The number of alkyl halides is 1. The number of rotatable bonds is 6. The first-order chi connectivity index (χ1) is 9.93. The van der Waals surface area contributed by atoms with Crippen LogP contribution in [0.5, 0.6) is 0 Å². The van der Waals surface area contributed by atoms with Gasteiger partial charge in [0.15, 0.2) is 0 Å². The third-order valence-electron chi connectivity index (χ3n) is 3.80. The van der Waals surface area contributed by atoms with Gasteiger partial charge in [-0.05, 0) is 52.5 Å². The van der Waals surface area contributed by atoms with Gasteiger partial charge in [0.05, 0.1) is 11.0 Å². The summed E-state index contributed by atoms with van der Waals surface area (Å²) in [6, 6.07) is 3.72.